The molecule has 0 saturated carbocycles. The third-order valence-electron chi connectivity index (χ3n) is 3.10. The number of hydrogen-bond acceptors (Lipinski definition) is 3. The Hall–Kier alpha value is -1.74. The second-order valence-corrected chi connectivity index (χ2v) is 4.44. The zero-order valence-electron chi connectivity index (χ0n) is 11.6. The van der Waals surface area contributed by atoms with Crippen molar-refractivity contribution >= 4 is 0 Å². The van der Waals surface area contributed by atoms with Crippen molar-refractivity contribution in [3.8, 4) is 5.75 Å². The van der Waals surface area contributed by atoms with Crippen molar-refractivity contribution in [1.29, 1.82) is 0 Å². The molecule has 0 aliphatic carbocycles. The molecule has 0 bridgehead atoms. The van der Waals surface area contributed by atoms with Crippen LogP contribution in [0.4, 0.5) is 0 Å². The topological polar surface area (TPSA) is 34.4 Å². The summed E-state index contributed by atoms with van der Waals surface area (Å²) in [7, 11) is 0. The first-order chi connectivity index (χ1) is 9.33. The number of hydrogen-bond donors (Lipinski definition) is 1. The van der Waals surface area contributed by atoms with Gasteiger partial charge in [-0.25, -0.2) is 0 Å². The molecule has 1 aromatic carbocycles. The molecule has 0 fully saturated rings. The lowest BCUT2D eigenvalue weighted by Gasteiger charge is -2.07. The molecule has 3 nitrogen and oxygen atoms in total. The molecule has 0 spiro atoms. The van der Waals surface area contributed by atoms with Gasteiger partial charge in [-0.1, -0.05) is 26.0 Å². The van der Waals surface area contributed by atoms with Gasteiger partial charge < -0.3 is 14.5 Å². The van der Waals surface area contributed by atoms with Crippen LogP contribution in [0.1, 0.15) is 30.7 Å². The molecule has 0 amide bonds. The molecule has 3 heteroatoms. The summed E-state index contributed by atoms with van der Waals surface area (Å²) in [6.07, 6.45) is 2.76. The molecule has 0 aliphatic heterocycles. The van der Waals surface area contributed by atoms with Crippen molar-refractivity contribution in [3.05, 3.63) is 53.5 Å². The van der Waals surface area contributed by atoms with Crippen molar-refractivity contribution in [2.75, 3.05) is 6.54 Å². The highest BCUT2D eigenvalue weighted by molar-refractivity contribution is 5.27. The van der Waals surface area contributed by atoms with Crippen LogP contribution in [0.5, 0.6) is 5.75 Å². The summed E-state index contributed by atoms with van der Waals surface area (Å²) in [6.45, 7) is 6.47. The Balaban J connectivity index is 1.92. The fraction of sp³-hybridized carbons (Fsp3) is 0.375. The molecule has 0 atom stereocenters. The highest BCUT2D eigenvalue weighted by atomic mass is 16.5. The van der Waals surface area contributed by atoms with Gasteiger partial charge in [-0.3, -0.25) is 0 Å². The van der Waals surface area contributed by atoms with E-state index in [2.05, 4.69) is 31.3 Å². The molecular formula is C16H21NO2. The number of rotatable bonds is 7. The first-order valence-corrected chi connectivity index (χ1v) is 6.81. The zero-order chi connectivity index (χ0) is 13.5. The van der Waals surface area contributed by atoms with E-state index in [1.54, 1.807) is 6.26 Å². The molecule has 19 heavy (non-hydrogen) atoms. The molecular weight excluding hydrogens is 238 g/mol. The molecule has 1 N–H and O–H groups in total. The van der Waals surface area contributed by atoms with E-state index in [0.717, 1.165) is 36.6 Å². The fourth-order valence-corrected chi connectivity index (χ4v) is 1.88. The molecule has 1 aromatic heterocycles. The van der Waals surface area contributed by atoms with E-state index >= 15 is 0 Å². The molecule has 2 aromatic rings. The van der Waals surface area contributed by atoms with Crippen LogP contribution < -0.4 is 10.1 Å². The molecule has 1 heterocycles. The SMILES string of the molecule is CCNCc1ccoc1COc1ccc(CC)cc1. The van der Waals surface area contributed by atoms with Gasteiger partial charge in [-0.2, -0.15) is 0 Å². The van der Waals surface area contributed by atoms with Crippen LogP contribution in [0.3, 0.4) is 0 Å². The lowest BCUT2D eigenvalue weighted by atomic mass is 10.2. The van der Waals surface area contributed by atoms with Crippen LogP contribution in [0, 0.1) is 0 Å². The fourth-order valence-electron chi connectivity index (χ4n) is 1.88. The largest absolute Gasteiger partial charge is 0.486 e. The minimum absolute atomic E-state index is 0.471. The Kier molecular flexibility index (Phi) is 5.04. The summed E-state index contributed by atoms with van der Waals surface area (Å²) >= 11 is 0. The number of aryl methyl sites for hydroxylation is 1. The van der Waals surface area contributed by atoms with Gasteiger partial charge in [0.25, 0.3) is 0 Å². The van der Waals surface area contributed by atoms with E-state index in [-0.39, 0.29) is 0 Å². The van der Waals surface area contributed by atoms with E-state index in [4.69, 9.17) is 9.15 Å². The molecule has 2 rings (SSSR count). The van der Waals surface area contributed by atoms with E-state index in [1.807, 2.05) is 18.2 Å². The Morgan fingerprint density at radius 2 is 1.89 bits per heavy atom. The van der Waals surface area contributed by atoms with Gasteiger partial charge in [-0.05, 0) is 36.7 Å². The van der Waals surface area contributed by atoms with Crippen molar-refractivity contribution < 1.29 is 9.15 Å². The maximum atomic E-state index is 5.75. The number of benzene rings is 1. The Bertz CT molecular complexity index is 488. The van der Waals surface area contributed by atoms with Gasteiger partial charge in [-0.15, -0.1) is 0 Å². The summed E-state index contributed by atoms with van der Waals surface area (Å²) in [5, 5.41) is 3.29. The molecule has 102 valence electrons. The van der Waals surface area contributed by atoms with E-state index in [9.17, 15) is 0 Å². The number of nitrogens with one attached hydrogen (secondary N) is 1. The normalized spacial score (nSPS) is 10.6. The second-order valence-electron chi connectivity index (χ2n) is 4.44. The van der Waals surface area contributed by atoms with Gasteiger partial charge in [0.1, 0.15) is 18.1 Å². The monoisotopic (exact) mass is 259 g/mol. The van der Waals surface area contributed by atoms with Crippen LogP contribution in [0.15, 0.2) is 41.0 Å². The zero-order valence-corrected chi connectivity index (χ0v) is 11.6. The van der Waals surface area contributed by atoms with Gasteiger partial charge in [0.2, 0.25) is 0 Å². The first-order valence-electron chi connectivity index (χ1n) is 6.81. The standard InChI is InChI=1S/C16H21NO2/c1-3-13-5-7-15(8-6-13)19-12-16-14(9-10-18-16)11-17-4-2/h5-10,17H,3-4,11-12H2,1-2H3. The smallest absolute Gasteiger partial charge is 0.146 e. The van der Waals surface area contributed by atoms with Crippen LogP contribution in [-0.2, 0) is 19.6 Å². The number of furan rings is 1. The third kappa shape index (κ3) is 3.86. The van der Waals surface area contributed by atoms with E-state index < -0.39 is 0 Å². The van der Waals surface area contributed by atoms with Gasteiger partial charge in [0.05, 0.1) is 6.26 Å². The minimum Gasteiger partial charge on any atom is -0.486 e. The van der Waals surface area contributed by atoms with Crippen molar-refractivity contribution in [2.24, 2.45) is 0 Å². The summed E-state index contributed by atoms with van der Waals surface area (Å²) in [6, 6.07) is 10.2. The molecule has 0 unspecified atom stereocenters. The second kappa shape index (κ2) is 7.00. The van der Waals surface area contributed by atoms with Crippen LogP contribution in [0.2, 0.25) is 0 Å². The predicted octanol–water partition coefficient (Wildman–Crippen LogP) is 3.53. The molecule has 0 radical (unpaired) electrons. The summed E-state index contributed by atoms with van der Waals surface area (Å²) in [5.41, 5.74) is 2.48. The van der Waals surface area contributed by atoms with Crippen molar-refractivity contribution in [3.63, 3.8) is 0 Å². The van der Waals surface area contributed by atoms with Gasteiger partial charge in [0.15, 0.2) is 0 Å². The Morgan fingerprint density at radius 1 is 1.11 bits per heavy atom. The lowest BCUT2D eigenvalue weighted by Crippen LogP contribution is -2.12. The maximum absolute atomic E-state index is 5.75. The third-order valence-corrected chi connectivity index (χ3v) is 3.10. The van der Waals surface area contributed by atoms with E-state index in [1.165, 1.54) is 5.56 Å². The predicted molar refractivity (Wildman–Crippen MR) is 76.2 cm³/mol. The van der Waals surface area contributed by atoms with Gasteiger partial charge >= 0.3 is 0 Å². The highest BCUT2D eigenvalue weighted by Crippen LogP contribution is 2.17. The maximum Gasteiger partial charge on any atom is 0.146 e. The average Bonchev–Trinajstić information content (AvgIpc) is 2.91. The number of ether oxygens (including phenoxy) is 1. The molecule has 0 saturated heterocycles. The van der Waals surface area contributed by atoms with Crippen LogP contribution in [0.25, 0.3) is 0 Å². The average molecular weight is 259 g/mol. The Morgan fingerprint density at radius 3 is 2.58 bits per heavy atom. The van der Waals surface area contributed by atoms with Crippen LogP contribution >= 0.6 is 0 Å². The minimum atomic E-state index is 0.471. The van der Waals surface area contributed by atoms with Gasteiger partial charge in [0, 0.05) is 12.1 Å². The van der Waals surface area contributed by atoms with Crippen LogP contribution in [-0.4, -0.2) is 6.54 Å². The quantitative estimate of drug-likeness (QED) is 0.826. The lowest BCUT2D eigenvalue weighted by molar-refractivity contribution is 0.268. The van der Waals surface area contributed by atoms with Crippen molar-refractivity contribution in [1.82, 2.24) is 5.32 Å². The summed E-state index contributed by atoms with van der Waals surface area (Å²) in [4.78, 5) is 0. The molecule has 0 aliphatic rings. The summed E-state index contributed by atoms with van der Waals surface area (Å²) < 4.78 is 11.2. The first kappa shape index (κ1) is 13.7. The van der Waals surface area contributed by atoms with E-state index in [0.29, 0.717) is 6.61 Å². The highest BCUT2D eigenvalue weighted by Gasteiger charge is 2.06. The Labute approximate surface area is 114 Å². The summed E-state index contributed by atoms with van der Waals surface area (Å²) in [5.74, 6) is 1.77. The van der Waals surface area contributed by atoms with Crippen molar-refractivity contribution in [2.45, 2.75) is 33.4 Å².